The maximum absolute atomic E-state index is 13.7. The van der Waals surface area contributed by atoms with E-state index < -0.39 is 0 Å². The molecule has 0 saturated carbocycles. The Morgan fingerprint density at radius 2 is 1.74 bits per heavy atom. The molecule has 0 spiro atoms. The molecular weight excluding hydrogens is 337 g/mol. The Labute approximate surface area is 160 Å². The summed E-state index contributed by atoms with van der Waals surface area (Å²) in [5.41, 5.74) is 4.80. The van der Waals surface area contributed by atoms with Gasteiger partial charge in [-0.05, 0) is 54.3 Å². The molecule has 0 amide bonds. The summed E-state index contributed by atoms with van der Waals surface area (Å²) in [6.07, 6.45) is 0.797. The van der Waals surface area contributed by atoms with E-state index in [0.717, 1.165) is 30.8 Å². The molecule has 1 unspecified atom stereocenters. The van der Waals surface area contributed by atoms with Crippen molar-refractivity contribution in [1.82, 2.24) is 4.90 Å². The first-order chi connectivity index (χ1) is 13.2. The molecule has 1 aliphatic rings. The van der Waals surface area contributed by atoms with E-state index in [4.69, 9.17) is 4.74 Å². The molecule has 1 heterocycles. The van der Waals surface area contributed by atoms with Gasteiger partial charge in [-0.15, -0.1) is 0 Å². The number of hydrogen-bond acceptors (Lipinski definition) is 2. The zero-order valence-electron chi connectivity index (χ0n) is 15.6. The maximum Gasteiger partial charge on any atom is 0.123 e. The van der Waals surface area contributed by atoms with Gasteiger partial charge in [0.2, 0.25) is 0 Å². The average Bonchev–Trinajstić information content (AvgIpc) is 2.68. The highest BCUT2D eigenvalue weighted by atomic mass is 19.1. The predicted molar refractivity (Wildman–Crippen MR) is 106 cm³/mol. The zero-order chi connectivity index (χ0) is 18.6. The van der Waals surface area contributed by atoms with Crippen LogP contribution < -0.4 is 4.74 Å². The molecule has 0 bridgehead atoms. The molecule has 3 aromatic rings. The highest BCUT2D eigenvalue weighted by molar-refractivity contribution is 5.32. The highest BCUT2D eigenvalue weighted by Crippen LogP contribution is 2.26. The van der Waals surface area contributed by atoms with Crippen molar-refractivity contribution in [1.29, 1.82) is 0 Å². The number of ether oxygens (including phenoxy) is 1. The molecule has 3 heteroatoms. The van der Waals surface area contributed by atoms with Crippen LogP contribution in [0, 0.1) is 12.7 Å². The number of benzene rings is 3. The second-order valence-corrected chi connectivity index (χ2v) is 7.29. The fourth-order valence-electron chi connectivity index (χ4n) is 3.66. The van der Waals surface area contributed by atoms with Gasteiger partial charge in [0, 0.05) is 19.1 Å². The van der Waals surface area contributed by atoms with Gasteiger partial charge in [0.05, 0.1) is 0 Å². The first-order valence-corrected chi connectivity index (χ1v) is 9.42. The fourth-order valence-corrected chi connectivity index (χ4v) is 3.66. The summed E-state index contributed by atoms with van der Waals surface area (Å²) in [6.45, 7) is 4.33. The van der Waals surface area contributed by atoms with Crippen LogP contribution in [0.5, 0.6) is 5.75 Å². The minimum atomic E-state index is -0.163. The van der Waals surface area contributed by atoms with Crippen LogP contribution in [0.1, 0.15) is 22.3 Å². The lowest BCUT2D eigenvalue weighted by atomic mass is 9.93. The molecule has 1 atom stereocenters. The first-order valence-electron chi connectivity index (χ1n) is 9.42. The summed E-state index contributed by atoms with van der Waals surface area (Å²) in [4.78, 5) is 2.43. The smallest absolute Gasteiger partial charge is 0.123 e. The van der Waals surface area contributed by atoms with Crippen molar-refractivity contribution in [2.75, 3.05) is 6.61 Å². The highest BCUT2D eigenvalue weighted by Gasteiger charge is 2.27. The lowest BCUT2D eigenvalue weighted by Gasteiger charge is -2.37. The average molecular weight is 361 g/mol. The Hall–Kier alpha value is -2.65. The van der Waals surface area contributed by atoms with Gasteiger partial charge >= 0.3 is 0 Å². The van der Waals surface area contributed by atoms with Crippen LogP contribution in [0.25, 0.3) is 0 Å². The van der Waals surface area contributed by atoms with Crippen LogP contribution in [0.3, 0.4) is 0 Å². The molecule has 27 heavy (non-hydrogen) atoms. The Morgan fingerprint density at radius 3 is 2.52 bits per heavy atom. The quantitative estimate of drug-likeness (QED) is 0.624. The Bertz CT molecular complexity index is 892. The molecule has 1 aliphatic heterocycles. The number of nitrogens with zero attached hydrogens (tertiary/aromatic N) is 1. The van der Waals surface area contributed by atoms with Gasteiger partial charge in [-0.1, -0.05) is 54.1 Å². The summed E-state index contributed by atoms with van der Waals surface area (Å²) in [7, 11) is 0. The van der Waals surface area contributed by atoms with Crippen LogP contribution in [0.4, 0.5) is 4.39 Å². The van der Waals surface area contributed by atoms with E-state index in [1.165, 1.54) is 16.7 Å². The molecule has 0 aromatic heterocycles. The minimum absolute atomic E-state index is 0.163. The third-order valence-corrected chi connectivity index (χ3v) is 5.21. The van der Waals surface area contributed by atoms with Crippen molar-refractivity contribution < 1.29 is 9.13 Å². The van der Waals surface area contributed by atoms with Crippen LogP contribution in [0.15, 0.2) is 72.8 Å². The van der Waals surface area contributed by atoms with Crippen LogP contribution in [-0.4, -0.2) is 17.5 Å². The Kier molecular flexibility index (Phi) is 5.21. The molecular formula is C24H24FNO. The summed E-state index contributed by atoms with van der Waals surface area (Å²) >= 11 is 0. The molecule has 0 fully saturated rings. The molecule has 138 valence electrons. The minimum Gasteiger partial charge on any atom is -0.492 e. The molecule has 0 N–H and O–H groups in total. The molecule has 4 rings (SSSR count). The van der Waals surface area contributed by atoms with E-state index in [-0.39, 0.29) is 11.9 Å². The summed E-state index contributed by atoms with van der Waals surface area (Å²) in [6, 6.07) is 24.0. The Morgan fingerprint density at radius 1 is 0.963 bits per heavy atom. The summed E-state index contributed by atoms with van der Waals surface area (Å²) in [5, 5.41) is 0. The van der Waals surface area contributed by atoms with E-state index in [0.29, 0.717) is 6.61 Å². The van der Waals surface area contributed by atoms with Crippen molar-refractivity contribution in [3.8, 4) is 5.75 Å². The van der Waals surface area contributed by atoms with Crippen molar-refractivity contribution in [3.63, 3.8) is 0 Å². The molecule has 2 nitrogen and oxygen atoms in total. The monoisotopic (exact) mass is 361 g/mol. The van der Waals surface area contributed by atoms with Gasteiger partial charge < -0.3 is 4.74 Å². The maximum atomic E-state index is 13.7. The molecule has 0 aliphatic carbocycles. The molecule has 3 aromatic carbocycles. The third kappa shape index (κ3) is 4.37. The van der Waals surface area contributed by atoms with E-state index in [2.05, 4.69) is 48.2 Å². The normalized spacial score (nSPS) is 16.7. The van der Waals surface area contributed by atoms with Crippen molar-refractivity contribution in [2.45, 2.75) is 32.5 Å². The SMILES string of the molecule is Cc1ccc(OCC2Cc3cc(F)ccc3CN2Cc2ccccc2)cc1. The van der Waals surface area contributed by atoms with E-state index in [9.17, 15) is 4.39 Å². The van der Waals surface area contributed by atoms with E-state index >= 15 is 0 Å². The van der Waals surface area contributed by atoms with Gasteiger partial charge in [-0.2, -0.15) is 0 Å². The van der Waals surface area contributed by atoms with E-state index in [1.54, 1.807) is 12.1 Å². The largest absolute Gasteiger partial charge is 0.492 e. The van der Waals surface area contributed by atoms with Crippen molar-refractivity contribution >= 4 is 0 Å². The van der Waals surface area contributed by atoms with Crippen molar-refractivity contribution in [2.24, 2.45) is 0 Å². The van der Waals surface area contributed by atoms with Crippen LogP contribution >= 0.6 is 0 Å². The zero-order valence-corrected chi connectivity index (χ0v) is 15.6. The number of rotatable bonds is 5. The van der Waals surface area contributed by atoms with Gasteiger partial charge in [0.1, 0.15) is 18.2 Å². The molecule has 0 radical (unpaired) electrons. The van der Waals surface area contributed by atoms with Gasteiger partial charge in [0.15, 0.2) is 0 Å². The second kappa shape index (κ2) is 7.93. The molecule has 0 saturated heterocycles. The summed E-state index contributed by atoms with van der Waals surface area (Å²) in [5.74, 6) is 0.716. The third-order valence-electron chi connectivity index (χ3n) is 5.21. The predicted octanol–water partition coefficient (Wildman–Crippen LogP) is 5.14. The van der Waals surface area contributed by atoms with Gasteiger partial charge in [0.25, 0.3) is 0 Å². The van der Waals surface area contributed by atoms with Crippen LogP contribution in [0.2, 0.25) is 0 Å². The van der Waals surface area contributed by atoms with Gasteiger partial charge in [-0.3, -0.25) is 4.90 Å². The number of aryl methyl sites for hydroxylation is 1. The lowest BCUT2D eigenvalue weighted by molar-refractivity contribution is 0.109. The van der Waals surface area contributed by atoms with Crippen molar-refractivity contribution in [3.05, 3.63) is 101 Å². The summed E-state index contributed by atoms with van der Waals surface area (Å²) < 4.78 is 19.8. The number of fused-ring (bicyclic) bond motifs is 1. The second-order valence-electron chi connectivity index (χ2n) is 7.29. The fraction of sp³-hybridized carbons (Fsp3) is 0.250. The topological polar surface area (TPSA) is 12.5 Å². The lowest BCUT2D eigenvalue weighted by Crippen LogP contribution is -2.43. The standard InChI is InChI=1S/C24H24FNO/c1-18-7-11-24(12-8-18)27-17-23-14-21-13-22(25)10-9-20(21)16-26(23)15-19-5-3-2-4-6-19/h2-13,23H,14-17H2,1H3. The Balaban J connectivity index is 1.53. The number of halogens is 1. The first kappa shape index (κ1) is 17.7. The van der Waals surface area contributed by atoms with E-state index in [1.807, 2.05) is 24.3 Å². The van der Waals surface area contributed by atoms with Crippen LogP contribution in [-0.2, 0) is 19.5 Å². The van der Waals surface area contributed by atoms with Gasteiger partial charge in [-0.25, -0.2) is 4.39 Å². The number of hydrogen-bond donors (Lipinski definition) is 0.